The lowest BCUT2D eigenvalue weighted by Crippen LogP contribution is -2.42. The maximum atomic E-state index is 15.3. The molecule has 4 aromatic rings. The van der Waals surface area contributed by atoms with Crippen LogP contribution < -0.4 is 15.0 Å². The minimum atomic E-state index is -0.730. The van der Waals surface area contributed by atoms with Crippen LogP contribution in [0.1, 0.15) is 22.8 Å². The summed E-state index contributed by atoms with van der Waals surface area (Å²) in [6.45, 7) is 0.597. The van der Waals surface area contributed by atoms with Gasteiger partial charge in [0.05, 0.1) is 29.5 Å². The van der Waals surface area contributed by atoms with Crippen molar-refractivity contribution in [2.45, 2.75) is 11.7 Å². The molecule has 0 spiro atoms. The lowest BCUT2D eigenvalue weighted by Gasteiger charge is -2.23. The van der Waals surface area contributed by atoms with Gasteiger partial charge in [0, 0.05) is 43.0 Å². The number of benzene rings is 3. The van der Waals surface area contributed by atoms with Gasteiger partial charge in [-0.2, -0.15) is 5.10 Å². The number of thioether (sulfide) groups is 1. The van der Waals surface area contributed by atoms with Gasteiger partial charge < -0.3 is 14.8 Å². The minimum absolute atomic E-state index is 0.0377. The number of fused-ring (bicyclic) bond motifs is 1. The fourth-order valence-corrected chi connectivity index (χ4v) is 6.05. The van der Waals surface area contributed by atoms with Gasteiger partial charge >= 0.3 is 0 Å². The van der Waals surface area contributed by atoms with E-state index in [9.17, 15) is 14.0 Å². The van der Waals surface area contributed by atoms with Gasteiger partial charge in [0.15, 0.2) is 0 Å². The Labute approximate surface area is 246 Å². The smallest absolute Gasteiger partial charge is 0.240 e. The lowest BCUT2D eigenvalue weighted by molar-refractivity contribution is -0.122. The maximum Gasteiger partial charge on any atom is 0.240 e. The fraction of sp³-hybridized carbons (Fsp3) is 0.258. The molecule has 1 aromatic heterocycles. The maximum absolute atomic E-state index is 15.3. The average molecular weight is 593 g/mol. The molecule has 1 N–H and O–H groups in total. The molecule has 1 aliphatic heterocycles. The Balaban J connectivity index is 1.72. The molecule has 1 aliphatic rings. The van der Waals surface area contributed by atoms with Crippen molar-refractivity contribution in [3.8, 4) is 22.7 Å². The summed E-state index contributed by atoms with van der Waals surface area (Å²) < 4.78 is 41.3. The van der Waals surface area contributed by atoms with Crippen molar-refractivity contribution in [2.24, 2.45) is 0 Å². The van der Waals surface area contributed by atoms with Gasteiger partial charge in [0.1, 0.15) is 29.7 Å². The van der Waals surface area contributed by atoms with Crippen LogP contribution in [0, 0.1) is 11.6 Å². The lowest BCUT2D eigenvalue weighted by atomic mass is 9.99. The van der Waals surface area contributed by atoms with Gasteiger partial charge in [0.25, 0.3) is 0 Å². The Bertz CT molecular complexity index is 1560. The minimum Gasteiger partial charge on any atom is -0.497 e. The van der Waals surface area contributed by atoms with E-state index in [-0.39, 0.29) is 29.7 Å². The van der Waals surface area contributed by atoms with Crippen molar-refractivity contribution < 1.29 is 27.8 Å². The summed E-state index contributed by atoms with van der Waals surface area (Å²) >= 11 is 1.21. The van der Waals surface area contributed by atoms with Crippen LogP contribution in [-0.4, -0.2) is 61.3 Å². The van der Waals surface area contributed by atoms with Gasteiger partial charge in [-0.3, -0.25) is 14.5 Å². The van der Waals surface area contributed by atoms with Crippen molar-refractivity contribution in [3.05, 3.63) is 95.6 Å². The zero-order chi connectivity index (χ0) is 29.6. The quantitative estimate of drug-likeness (QED) is 0.257. The number of ether oxygens (including phenoxy) is 2. The van der Waals surface area contributed by atoms with Crippen LogP contribution in [0.15, 0.2) is 72.8 Å². The van der Waals surface area contributed by atoms with Crippen LogP contribution in [0.5, 0.6) is 5.75 Å². The first-order valence-corrected chi connectivity index (χ1v) is 14.4. The highest BCUT2D eigenvalue weighted by molar-refractivity contribution is 8.00. The molecule has 2 heterocycles. The Kier molecular flexibility index (Phi) is 9.19. The largest absolute Gasteiger partial charge is 0.497 e. The molecule has 0 radical (unpaired) electrons. The van der Waals surface area contributed by atoms with Crippen LogP contribution in [0.2, 0.25) is 0 Å². The monoisotopic (exact) mass is 592 g/mol. The van der Waals surface area contributed by atoms with E-state index in [0.29, 0.717) is 48.1 Å². The van der Waals surface area contributed by atoms with Crippen LogP contribution in [0.25, 0.3) is 16.9 Å². The summed E-state index contributed by atoms with van der Waals surface area (Å²) in [5, 5.41) is 7.07. The summed E-state index contributed by atoms with van der Waals surface area (Å²) in [6.07, 6.45) is 0.616. The van der Waals surface area contributed by atoms with E-state index in [1.165, 1.54) is 28.8 Å². The van der Waals surface area contributed by atoms with Crippen molar-refractivity contribution in [2.75, 3.05) is 44.6 Å². The number of carbonyl (C=O) groups is 2. The predicted molar refractivity (Wildman–Crippen MR) is 158 cm³/mol. The van der Waals surface area contributed by atoms with Crippen LogP contribution in [0.4, 0.5) is 14.6 Å². The van der Waals surface area contributed by atoms with Gasteiger partial charge in [0.2, 0.25) is 11.8 Å². The van der Waals surface area contributed by atoms with Crippen LogP contribution in [-0.2, 0) is 14.3 Å². The second kappa shape index (κ2) is 13.2. The fourth-order valence-electron chi connectivity index (χ4n) is 4.84. The number of hydrogen-bond donors (Lipinski definition) is 1. The summed E-state index contributed by atoms with van der Waals surface area (Å²) in [4.78, 5) is 28.2. The summed E-state index contributed by atoms with van der Waals surface area (Å²) in [7, 11) is 3.15. The summed E-state index contributed by atoms with van der Waals surface area (Å²) in [5.41, 5.74) is 2.63. The van der Waals surface area contributed by atoms with Gasteiger partial charge in [-0.1, -0.05) is 36.4 Å². The SMILES string of the molecule is COCCCNC(=O)CN1C(=O)CSC(c2ccc(F)cc2F)c2c(-c3ccccc3)nn(-c3ccc(OC)cc3)c21. The number of aromatic nitrogens is 2. The summed E-state index contributed by atoms with van der Waals surface area (Å²) in [5.74, 6) is -1.19. The summed E-state index contributed by atoms with van der Waals surface area (Å²) in [6, 6.07) is 19.9. The van der Waals surface area contributed by atoms with E-state index in [4.69, 9.17) is 14.6 Å². The molecular formula is C31H30F2N4O4S. The van der Waals surface area contributed by atoms with Crippen molar-refractivity contribution in [1.82, 2.24) is 15.1 Å². The number of carbonyl (C=O) groups excluding carboxylic acids is 2. The normalized spacial score (nSPS) is 14.8. The molecule has 3 aromatic carbocycles. The Morgan fingerprint density at radius 2 is 1.83 bits per heavy atom. The number of rotatable bonds is 10. The third kappa shape index (κ3) is 6.17. The van der Waals surface area contributed by atoms with E-state index in [1.807, 2.05) is 30.3 Å². The molecule has 0 fully saturated rings. The van der Waals surface area contributed by atoms with E-state index in [2.05, 4.69) is 5.32 Å². The zero-order valence-electron chi connectivity index (χ0n) is 23.2. The molecule has 42 heavy (non-hydrogen) atoms. The molecule has 2 amide bonds. The third-order valence-electron chi connectivity index (χ3n) is 6.85. The Morgan fingerprint density at radius 1 is 1.07 bits per heavy atom. The molecule has 0 aliphatic carbocycles. The number of nitrogens with one attached hydrogen (secondary N) is 1. The molecule has 0 saturated carbocycles. The second-order valence-electron chi connectivity index (χ2n) is 9.59. The highest BCUT2D eigenvalue weighted by atomic mass is 32.2. The van der Waals surface area contributed by atoms with Crippen molar-refractivity contribution in [3.63, 3.8) is 0 Å². The van der Waals surface area contributed by atoms with Gasteiger partial charge in [-0.25, -0.2) is 13.5 Å². The Morgan fingerprint density at radius 3 is 2.52 bits per heavy atom. The van der Waals surface area contributed by atoms with E-state index in [0.717, 1.165) is 11.6 Å². The predicted octanol–water partition coefficient (Wildman–Crippen LogP) is 5.15. The molecule has 8 nitrogen and oxygen atoms in total. The van der Waals surface area contributed by atoms with Crippen molar-refractivity contribution >= 4 is 29.4 Å². The average Bonchev–Trinajstić information content (AvgIpc) is 3.33. The molecule has 5 rings (SSSR count). The molecular weight excluding hydrogens is 562 g/mol. The second-order valence-corrected chi connectivity index (χ2v) is 10.7. The topological polar surface area (TPSA) is 85.7 Å². The number of nitrogens with zero attached hydrogens (tertiary/aromatic N) is 3. The molecule has 1 unspecified atom stereocenters. The molecule has 218 valence electrons. The van der Waals surface area contributed by atoms with Gasteiger partial charge in [-0.15, -0.1) is 11.8 Å². The highest BCUT2D eigenvalue weighted by Gasteiger charge is 2.38. The number of methoxy groups -OCH3 is 2. The third-order valence-corrected chi connectivity index (χ3v) is 8.08. The van der Waals surface area contributed by atoms with Crippen LogP contribution in [0.3, 0.4) is 0 Å². The molecule has 0 bridgehead atoms. The Hall–Kier alpha value is -4.22. The number of hydrogen-bond acceptors (Lipinski definition) is 6. The van der Waals surface area contributed by atoms with Crippen molar-refractivity contribution in [1.29, 1.82) is 0 Å². The van der Waals surface area contributed by atoms with Gasteiger partial charge in [-0.05, 0) is 36.8 Å². The first-order valence-electron chi connectivity index (χ1n) is 13.4. The number of halogens is 2. The molecule has 1 atom stereocenters. The first kappa shape index (κ1) is 29.3. The first-order chi connectivity index (χ1) is 20.4. The van der Waals surface area contributed by atoms with E-state index >= 15 is 4.39 Å². The number of amides is 2. The molecule has 11 heteroatoms. The number of anilines is 1. The standard InChI is InChI=1S/C31H30F2N4O4S/c1-40-16-6-15-34-26(38)18-36-27(39)19-42-30(24-14-9-21(32)17-25(24)33)28-29(20-7-4-3-5-8-20)35-37(31(28)36)22-10-12-23(41-2)13-11-22/h3-5,7-14,17,30H,6,15-16,18-19H2,1-2H3,(H,34,38). The zero-order valence-corrected chi connectivity index (χ0v) is 24.0. The van der Waals surface area contributed by atoms with Crippen LogP contribution >= 0.6 is 11.8 Å². The highest BCUT2D eigenvalue weighted by Crippen LogP contribution is 2.49. The van der Waals surface area contributed by atoms with E-state index in [1.54, 1.807) is 43.2 Å². The molecule has 0 saturated heterocycles. The van der Waals surface area contributed by atoms with E-state index < -0.39 is 16.9 Å².